The lowest BCUT2D eigenvalue weighted by Crippen LogP contribution is -2.03. The molecule has 3 aromatic carbocycles. The highest BCUT2D eigenvalue weighted by atomic mass is 16.3. The summed E-state index contributed by atoms with van der Waals surface area (Å²) in [6.45, 7) is 2.01. The Morgan fingerprint density at radius 3 is 2.16 bits per heavy atom. The fourth-order valence-electron chi connectivity index (χ4n) is 3.18. The lowest BCUT2D eigenvalue weighted by atomic mass is 9.97. The number of furan rings is 1. The molecular formula is C23H18O2. The van der Waals surface area contributed by atoms with Crippen LogP contribution in [0.1, 0.15) is 28.6 Å². The van der Waals surface area contributed by atoms with Gasteiger partial charge in [0.15, 0.2) is 5.78 Å². The predicted molar refractivity (Wildman–Crippen MR) is 101 cm³/mol. The number of benzene rings is 3. The van der Waals surface area contributed by atoms with Gasteiger partial charge in [-0.1, -0.05) is 79.7 Å². The summed E-state index contributed by atoms with van der Waals surface area (Å²) < 4.78 is 5.86. The standard InChI is InChI=1S/C23H18O2/c1-2-20-22(19-10-6-7-11-21(19)25-20)23(24)18-14-12-17(13-15-18)16-8-4-3-5-9-16/h3-15H,2H2,1H3. The van der Waals surface area contributed by atoms with Gasteiger partial charge < -0.3 is 4.42 Å². The SMILES string of the molecule is CCc1oc2ccccc2c1C(=O)c1ccc(-c2ccccc2)cc1. The molecule has 4 rings (SSSR count). The molecule has 0 aliphatic rings. The highest BCUT2D eigenvalue weighted by Crippen LogP contribution is 2.29. The Bertz CT molecular complexity index is 1020. The largest absolute Gasteiger partial charge is 0.460 e. The number of fused-ring (bicyclic) bond motifs is 1. The van der Waals surface area contributed by atoms with E-state index in [4.69, 9.17) is 4.42 Å². The molecule has 1 aromatic heterocycles. The van der Waals surface area contributed by atoms with Crippen LogP contribution in [0.15, 0.2) is 83.3 Å². The molecule has 0 unspecified atom stereocenters. The Morgan fingerprint density at radius 1 is 0.800 bits per heavy atom. The van der Waals surface area contributed by atoms with Crippen LogP contribution in [0.2, 0.25) is 0 Å². The second-order valence-corrected chi connectivity index (χ2v) is 6.02. The smallest absolute Gasteiger partial charge is 0.197 e. The number of carbonyl (C=O) groups is 1. The molecule has 0 atom stereocenters. The molecule has 122 valence electrons. The van der Waals surface area contributed by atoms with Crippen molar-refractivity contribution in [1.82, 2.24) is 0 Å². The Balaban J connectivity index is 1.75. The zero-order valence-corrected chi connectivity index (χ0v) is 14.0. The van der Waals surface area contributed by atoms with Gasteiger partial charge in [0.1, 0.15) is 11.3 Å². The molecule has 4 aromatic rings. The first kappa shape index (κ1) is 15.4. The summed E-state index contributed by atoms with van der Waals surface area (Å²) in [5.41, 5.74) is 4.38. The highest BCUT2D eigenvalue weighted by molar-refractivity contribution is 6.17. The van der Waals surface area contributed by atoms with Crippen LogP contribution >= 0.6 is 0 Å². The second kappa shape index (κ2) is 6.40. The van der Waals surface area contributed by atoms with E-state index in [1.54, 1.807) is 0 Å². The number of para-hydroxylation sites is 1. The van der Waals surface area contributed by atoms with E-state index < -0.39 is 0 Å². The van der Waals surface area contributed by atoms with E-state index >= 15 is 0 Å². The van der Waals surface area contributed by atoms with Gasteiger partial charge in [0.25, 0.3) is 0 Å². The van der Waals surface area contributed by atoms with Crippen molar-refractivity contribution in [2.45, 2.75) is 13.3 Å². The lowest BCUT2D eigenvalue weighted by Gasteiger charge is -2.05. The van der Waals surface area contributed by atoms with Gasteiger partial charge in [0.05, 0.1) is 5.56 Å². The normalized spacial score (nSPS) is 10.9. The molecule has 0 bridgehead atoms. The lowest BCUT2D eigenvalue weighted by molar-refractivity contribution is 0.103. The maximum Gasteiger partial charge on any atom is 0.197 e. The maximum absolute atomic E-state index is 13.1. The quantitative estimate of drug-likeness (QED) is 0.437. The number of ketones is 1. The number of hydrogen-bond acceptors (Lipinski definition) is 2. The van der Waals surface area contributed by atoms with Crippen LogP contribution < -0.4 is 0 Å². The van der Waals surface area contributed by atoms with Crippen molar-refractivity contribution < 1.29 is 9.21 Å². The summed E-state index contributed by atoms with van der Waals surface area (Å²) in [4.78, 5) is 13.1. The third kappa shape index (κ3) is 2.76. The Kier molecular flexibility index (Phi) is 3.95. The van der Waals surface area contributed by atoms with Gasteiger partial charge in [-0.05, 0) is 17.2 Å². The van der Waals surface area contributed by atoms with E-state index in [9.17, 15) is 4.79 Å². The van der Waals surface area contributed by atoms with E-state index in [1.165, 1.54) is 0 Å². The van der Waals surface area contributed by atoms with Crippen molar-refractivity contribution in [2.75, 3.05) is 0 Å². The third-order valence-electron chi connectivity index (χ3n) is 4.47. The zero-order chi connectivity index (χ0) is 17.2. The Morgan fingerprint density at radius 2 is 1.44 bits per heavy atom. The first-order valence-electron chi connectivity index (χ1n) is 8.48. The van der Waals surface area contributed by atoms with Gasteiger partial charge in [-0.15, -0.1) is 0 Å². The van der Waals surface area contributed by atoms with Gasteiger partial charge in [-0.3, -0.25) is 4.79 Å². The Labute approximate surface area is 146 Å². The molecule has 1 heterocycles. The summed E-state index contributed by atoms with van der Waals surface area (Å²) in [5, 5.41) is 0.886. The summed E-state index contributed by atoms with van der Waals surface area (Å²) in [6.07, 6.45) is 0.692. The van der Waals surface area contributed by atoms with Gasteiger partial charge in [0, 0.05) is 17.4 Å². The molecule has 0 saturated carbocycles. The van der Waals surface area contributed by atoms with E-state index in [-0.39, 0.29) is 5.78 Å². The number of hydrogen-bond donors (Lipinski definition) is 0. The third-order valence-corrected chi connectivity index (χ3v) is 4.47. The first-order chi connectivity index (χ1) is 12.3. The van der Waals surface area contributed by atoms with Crippen molar-refractivity contribution in [1.29, 1.82) is 0 Å². The average Bonchev–Trinajstić information content (AvgIpc) is 3.07. The number of rotatable bonds is 4. The summed E-state index contributed by atoms with van der Waals surface area (Å²) in [7, 11) is 0. The first-order valence-corrected chi connectivity index (χ1v) is 8.48. The van der Waals surface area contributed by atoms with Crippen LogP contribution in [-0.4, -0.2) is 5.78 Å². The molecular weight excluding hydrogens is 308 g/mol. The minimum absolute atomic E-state index is 0.0152. The number of aryl methyl sites for hydroxylation is 1. The van der Waals surface area contributed by atoms with Crippen LogP contribution in [0.3, 0.4) is 0 Å². The molecule has 2 nitrogen and oxygen atoms in total. The molecule has 0 aliphatic heterocycles. The fourth-order valence-corrected chi connectivity index (χ4v) is 3.18. The minimum Gasteiger partial charge on any atom is -0.460 e. The second-order valence-electron chi connectivity index (χ2n) is 6.02. The molecule has 0 saturated heterocycles. The highest BCUT2D eigenvalue weighted by Gasteiger charge is 2.20. The van der Waals surface area contributed by atoms with E-state index in [0.717, 1.165) is 27.9 Å². The average molecular weight is 326 g/mol. The van der Waals surface area contributed by atoms with E-state index in [2.05, 4.69) is 12.1 Å². The van der Waals surface area contributed by atoms with Gasteiger partial charge in [-0.2, -0.15) is 0 Å². The van der Waals surface area contributed by atoms with Crippen LogP contribution in [0.25, 0.3) is 22.1 Å². The van der Waals surface area contributed by atoms with Crippen molar-refractivity contribution in [2.24, 2.45) is 0 Å². The summed E-state index contributed by atoms with van der Waals surface area (Å²) in [5.74, 6) is 0.764. The molecule has 25 heavy (non-hydrogen) atoms. The van der Waals surface area contributed by atoms with Crippen LogP contribution in [0.4, 0.5) is 0 Å². The van der Waals surface area contributed by atoms with Crippen LogP contribution in [-0.2, 0) is 6.42 Å². The van der Waals surface area contributed by atoms with Gasteiger partial charge in [-0.25, -0.2) is 0 Å². The van der Waals surface area contributed by atoms with Crippen molar-refractivity contribution >= 4 is 16.8 Å². The minimum atomic E-state index is 0.0152. The molecule has 0 aliphatic carbocycles. The maximum atomic E-state index is 13.1. The molecule has 0 radical (unpaired) electrons. The van der Waals surface area contributed by atoms with Crippen molar-refractivity contribution in [3.63, 3.8) is 0 Å². The van der Waals surface area contributed by atoms with E-state index in [1.807, 2.05) is 73.7 Å². The zero-order valence-electron chi connectivity index (χ0n) is 14.0. The predicted octanol–water partition coefficient (Wildman–Crippen LogP) is 5.89. The van der Waals surface area contributed by atoms with Crippen molar-refractivity contribution in [3.05, 3.63) is 95.7 Å². The topological polar surface area (TPSA) is 30.2 Å². The molecule has 2 heteroatoms. The Hall–Kier alpha value is -3.13. The van der Waals surface area contributed by atoms with Crippen LogP contribution in [0.5, 0.6) is 0 Å². The van der Waals surface area contributed by atoms with Gasteiger partial charge in [0.2, 0.25) is 0 Å². The number of carbonyl (C=O) groups excluding carboxylic acids is 1. The molecule has 0 N–H and O–H groups in total. The summed E-state index contributed by atoms with van der Waals surface area (Å²) in [6, 6.07) is 25.7. The fraction of sp³-hybridized carbons (Fsp3) is 0.0870. The van der Waals surface area contributed by atoms with E-state index in [0.29, 0.717) is 17.5 Å². The molecule has 0 amide bonds. The van der Waals surface area contributed by atoms with Crippen LogP contribution in [0, 0.1) is 0 Å². The monoisotopic (exact) mass is 326 g/mol. The van der Waals surface area contributed by atoms with Crippen molar-refractivity contribution in [3.8, 4) is 11.1 Å². The van der Waals surface area contributed by atoms with Gasteiger partial charge >= 0.3 is 0 Å². The molecule has 0 fully saturated rings. The summed E-state index contributed by atoms with van der Waals surface area (Å²) >= 11 is 0. The molecule has 0 spiro atoms.